The molecule has 0 radical (unpaired) electrons. The van der Waals surface area contributed by atoms with E-state index in [1.54, 1.807) is 37.1 Å². The average molecular weight is 542 g/mol. The molecule has 4 aromatic heterocycles. The van der Waals surface area contributed by atoms with Gasteiger partial charge in [-0.15, -0.1) is 0 Å². The first kappa shape index (κ1) is 24.5. The molecule has 6 heterocycles. The molecule has 0 unspecified atom stereocenters. The van der Waals surface area contributed by atoms with Gasteiger partial charge in [0, 0.05) is 68.3 Å². The molecule has 7 rings (SSSR count). The fourth-order valence-corrected chi connectivity index (χ4v) is 6.66. The summed E-state index contributed by atoms with van der Waals surface area (Å²) in [5, 5.41) is 14.4. The average Bonchev–Trinajstić information content (AvgIpc) is 3.63. The molecular formula is C29H28FN7O3. The topological polar surface area (TPSA) is 119 Å². The van der Waals surface area contributed by atoms with Crippen molar-refractivity contribution in [3.63, 3.8) is 0 Å². The number of likely N-dealkylation sites (N-methyl/N-ethyl adjacent to an activating group) is 1. The lowest BCUT2D eigenvalue weighted by Crippen LogP contribution is -2.32. The number of pyridine rings is 3. The van der Waals surface area contributed by atoms with Gasteiger partial charge >= 0.3 is 5.97 Å². The number of nitrogens with zero attached hydrogens (tertiary/aromatic N) is 5. The summed E-state index contributed by atoms with van der Waals surface area (Å²) in [5.74, 6) is -1.13. The largest absolute Gasteiger partial charge is 0.477 e. The molecule has 0 bridgehead atoms. The second-order valence-corrected chi connectivity index (χ2v) is 10.9. The first-order valence-electron chi connectivity index (χ1n) is 13.2. The van der Waals surface area contributed by atoms with E-state index in [0.717, 1.165) is 48.2 Å². The lowest BCUT2D eigenvalue weighted by atomic mass is 10.0. The number of aryl methyl sites for hydroxylation is 1. The van der Waals surface area contributed by atoms with Gasteiger partial charge in [-0.3, -0.25) is 4.79 Å². The Labute approximate surface area is 228 Å². The minimum absolute atomic E-state index is 0.214. The van der Waals surface area contributed by atoms with Gasteiger partial charge in [-0.05, 0) is 44.1 Å². The van der Waals surface area contributed by atoms with Crippen LogP contribution < -0.4 is 15.6 Å². The van der Waals surface area contributed by atoms with Crippen LogP contribution in [-0.4, -0.2) is 75.3 Å². The van der Waals surface area contributed by atoms with Crippen LogP contribution in [0.2, 0.25) is 0 Å². The Balaban J connectivity index is 1.53. The highest BCUT2D eigenvalue weighted by atomic mass is 19.1. The van der Waals surface area contributed by atoms with Crippen LogP contribution in [0.3, 0.4) is 0 Å². The predicted molar refractivity (Wildman–Crippen MR) is 153 cm³/mol. The van der Waals surface area contributed by atoms with Crippen LogP contribution in [0.15, 0.2) is 41.6 Å². The van der Waals surface area contributed by atoms with Crippen LogP contribution in [0.5, 0.6) is 0 Å². The van der Waals surface area contributed by atoms with Crippen LogP contribution >= 0.6 is 0 Å². The van der Waals surface area contributed by atoms with Gasteiger partial charge in [0.2, 0.25) is 5.43 Å². The number of benzene rings is 1. The standard InChI is InChI=1S/C29H28FN7O3/c1-31-21-8-16(30)7-17-23-25(37-11-14-4-5-35(2)22(14)13-37)19(10-32-27(23)34-24(17)21)15-6-18-26(38)20(29(39)40)12-36(3)28(18)33-9-15/h6-10,12,14,22,31H,4-5,11,13H2,1-3H3,(H,32,34)(H,39,40)/t14-,22+/m1/s1. The molecule has 2 aliphatic heterocycles. The maximum Gasteiger partial charge on any atom is 0.341 e. The van der Waals surface area contributed by atoms with Crippen molar-refractivity contribution in [2.75, 3.05) is 43.9 Å². The van der Waals surface area contributed by atoms with Gasteiger partial charge in [0.15, 0.2) is 0 Å². The number of H-pyrrole nitrogens is 1. The maximum absolute atomic E-state index is 14.8. The smallest absolute Gasteiger partial charge is 0.341 e. The lowest BCUT2D eigenvalue weighted by Gasteiger charge is -2.25. The molecule has 40 heavy (non-hydrogen) atoms. The van der Waals surface area contributed by atoms with Gasteiger partial charge in [-0.2, -0.15) is 0 Å². The monoisotopic (exact) mass is 541 g/mol. The number of fused-ring (bicyclic) bond motifs is 5. The third-order valence-corrected chi connectivity index (χ3v) is 8.63. The van der Waals surface area contributed by atoms with Crippen molar-refractivity contribution in [2.24, 2.45) is 13.0 Å². The number of carbonyl (C=O) groups is 1. The van der Waals surface area contributed by atoms with E-state index in [2.05, 4.69) is 32.1 Å². The van der Waals surface area contributed by atoms with E-state index in [-0.39, 0.29) is 16.8 Å². The summed E-state index contributed by atoms with van der Waals surface area (Å²) >= 11 is 0. The zero-order chi connectivity index (χ0) is 27.9. The van der Waals surface area contributed by atoms with E-state index < -0.39 is 11.4 Å². The molecule has 0 spiro atoms. The predicted octanol–water partition coefficient (Wildman–Crippen LogP) is 3.65. The van der Waals surface area contributed by atoms with Crippen LogP contribution in [0.25, 0.3) is 44.1 Å². The fourth-order valence-electron chi connectivity index (χ4n) is 6.66. The highest BCUT2D eigenvalue weighted by Crippen LogP contribution is 2.45. The van der Waals surface area contributed by atoms with Gasteiger partial charge in [0.1, 0.15) is 22.7 Å². The molecule has 2 aliphatic rings. The number of hydrogen-bond acceptors (Lipinski definition) is 7. The summed E-state index contributed by atoms with van der Waals surface area (Å²) in [5.41, 5.74) is 3.82. The van der Waals surface area contributed by atoms with Crippen molar-refractivity contribution in [3.8, 4) is 11.1 Å². The lowest BCUT2D eigenvalue weighted by molar-refractivity contribution is 0.0695. The number of carboxylic acids is 1. The number of rotatable bonds is 4. The van der Waals surface area contributed by atoms with Crippen LogP contribution in [0.1, 0.15) is 16.8 Å². The molecule has 3 N–H and O–H groups in total. The van der Waals surface area contributed by atoms with Gasteiger partial charge in [0.05, 0.1) is 27.7 Å². The van der Waals surface area contributed by atoms with Crippen LogP contribution in [0.4, 0.5) is 15.8 Å². The minimum Gasteiger partial charge on any atom is -0.477 e. The number of halogens is 1. The Morgan fingerprint density at radius 3 is 2.73 bits per heavy atom. The molecule has 2 fully saturated rings. The summed E-state index contributed by atoms with van der Waals surface area (Å²) in [6.45, 7) is 2.71. The van der Waals surface area contributed by atoms with E-state index in [0.29, 0.717) is 39.9 Å². The number of hydrogen-bond donors (Lipinski definition) is 3. The number of aromatic amines is 1. The third-order valence-electron chi connectivity index (χ3n) is 8.63. The number of likely N-dealkylation sites (tertiary alicyclic amines) is 1. The van der Waals surface area contributed by atoms with Gasteiger partial charge < -0.3 is 29.8 Å². The number of carboxylic acid groups (broad SMARTS) is 1. The Morgan fingerprint density at radius 2 is 1.98 bits per heavy atom. The number of aromatic carboxylic acids is 1. The normalized spacial score (nSPS) is 19.2. The first-order chi connectivity index (χ1) is 19.2. The van der Waals surface area contributed by atoms with Crippen molar-refractivity contribution in [1.29, 1.82) is 0 Å². The van der Waals surface area contributed by atoms with E-state index in [1.165, 1.54) is 18.3 Å². The molecular weight excluding hydrogens is 513 g/mol. The highest BCUT2D eigenvalue weighted by molar-refractivity contribution is 6.18. The molecule has 2 atom stereocenters. The van der Waals surface area contributed by atoms with Crippen molar-refractivity contribution in [2.45, 2.75) is 12.5 Å². The second kappa shape index (κ2) is 8.75. The molecule has 1 aromatic carbocycles. The molecule has 10 nitrogen and oxygen atoms in total. The summed E-state index contributed by atoms with van der Waals surface area (Å²) in [7, 11) is 5.57. The summed E-state index contributed by atoms with van der Waals surface area (Å²) < 4.78 is 16.4. The maximum atomic E-state index is 14.8. The summed E-state index contributed by atoms with van der Waals surface area (Å²) in [6, 6.07) is 5.09. The number of nitrogens with one attached hydrogen (secondary N) is 2. The molecule has 2 saturated heterocycles. The second-order valence-electron chi connectivity index (χ2n) is 10.9. The highest BCUT2D eigenvalue weighted by Gasteiger charge is 2.41. The van der Waals surface area contributed by atoms with Crippen molar-refractivity contribution < 1.29 is 14.3 Å². The molecule has 0 aliphatic carbocycles. The minimum atomic E-state index is -1.29. The zero-order valence-corrected chi connectivity index (χ0v) is 22.3. The van der Waals surface area contributed by atoms with Crippen molar-refractivity contribution in [3.05, 3.63) is 58.4 Å². The number of aromatic nitrogens is 4. The summed E-state index contributed by atoms with van der Waals surface area (Å²) in [6.07, 6.45) is 5.85. The van der Waals surface area contributed by atoms with Gasteiger partial charge in [-0.1, -0.05) is 0 Å². The van der Waals surface area contributed by atoms with Gasteiger partial charge in [0.25, 0.3) is 0 Å². The number of anilines is 2. The fraction of sp³-hybridized carbons (Fsp3) is 0.310. The zero-order valence-electron chi connectivity index (χ0n) is 22.3. The van der Waals surface area contributed by atoms with Crippen LogP contribution in [-0.2, 0) is 7.05 Å². The van der Waals surface area contributed by atoms with E-state index in [1.807, 2.05) is 0 Å². The van der Waals surface area contributed by atoms with Gasteiger partial charge in [-0.25, -0.2) is 19.2 Å². The van der Waals surface area contributed by atoms with Crippen molar-refractivity contribution in [1.82, 2.24) is 24.4 Å². The Morgan fingerprint density at radius 1 is 1.15 bits per heavy atom. The Kier molecular flexibility index (Phi) is 5.36. The third kappa shape index (κ3) is 3.50. The molecule has 0 amide bonds. The van der Waals surface area contributed by atoms with Crippen LogP contribution in [0, 0.1) is 11.7 Å². The van der Waals surface area contributed by atoms with Crippen molar-refractivity contribution >= 4 is 50.3 Å². The van der Waals surface area contributed by atoms with E-state index >= 15 is 0 Å². The Bertz CT molecular complexity index is 1930. The molecule has 5 aromatic rings. The SMILES string of the molecule is CNc1cc(F)cc2c1[nH]c1ncc(-c3cnc4c(c3)c(=O)c(C(=O)O)cn4C)c(N3C[C@H]4CCN(C)[C@H]4C3)c12. The van der Waals surface area contributed by atoms with E-state index in [4.69, 9.17) is 4.98 Å². The quantitative estimate of drug-likeness (QED) is 0.316. The Hall–Kier alpha value is -4.51. The van der Waals surface area contributed by atoms with E-state index in [9.17, 15) is 19.1 Å². The first-order valence-corrected chi connectivity index (χ1v) is 13.2. The molecule has 204 valence electrons. The molecule has 11 heteroatoms. The molecule has 0 saturated carbocycles. The summed E-state index contributed by atoms with van der Waals surface area (Å²) in [4.78, 5) is 42.3.